The Morgan fingerprint density at radius 3 is 2.31 bits per heavy atom. The van der Waals surface area contributed by atoms with E-state index in [0.717, 1.165) is 5.56 Å². The van der Waals surface area contributed by atoms with Crippen molar-refractivity contribution in [3.8, 4) is 11.3 Å². The minimum absolute atomic E-state index is 0.191. The Hall–Kier alpha value is -4.53. The van der Waals surface area contributed by atoms with Gasteiger partial charge in [-0.05, 0) is 32.0 Å². The lowest BCUT2D eigenvalue weighted by atomic mass is 10.1. The second-order valence-corrected chi connectivity index (χ2v) is 8.03. The number of aromatic nitrogens is 3. The zero-order chi connectivity index (χ0) is 25.7. The molecule has 0 saturated heterocycles. The number of esters is 2. The summed E-state index contributed by atoms with van der Waals surface area (Å²) in [5.41, 5.74) is 3.30. The van der Waals surface area contributed by atoms with Gasteiger partial charge in [-0.2, -0.15) is 5.10 Å². The summed E-state index contributed by atoms with van der Waals surface area (Å²) in [5, 5.41) is 4.96. The molecular weight excluding hydrogens is 460 g/mol. The van der Waals surface area contributed by atoms with Gasteiger partial charge in [-0.1, -0.05) is 48.5 Å². The van der Waals surface area contributed by atoms with Crippen LogP contribution in [0.2, 0.25) is 0 Å². The summed E-state index contributed by atoms with van der Waals surface area (Å²) in [6.45, 7) is 2.81. The summed E-state index contributed by atoms with van der Waals surface area (Å²) in [7, 11) is 1.75. The summed E-state index contributed by atoms with van der Waals surface area (Å²) < 4.78 is 12.1. The van der Waals surface area contributed by atoms with Gasteiger partial charge in [0.05, 0.1) is 28.9 Å². The van der Waals surface area contributed by atoms with Crippen LogP contribution in [0.4, 0.5) is 5.69 Å². The maximum atomic E-state index is 13.2. The van der Waals surface area contributed by atoms with Gasteiger partial charge in [0.15, 0.2) is 12.3 Å². The Morgan fingerprint density at radius 2 is 1.64 bits per heavy atom. The van der Waals surface area contributed by atoms with Crippen LogP contribution in [0, 0.1) is 6.92 Å². The Labute approximate surface area is 208 Å². The van der Waals surface area contributed by atoms with Gasteiger partial charge in [0.2, 0.25) is 0 Å². The fraction of sp³-hybridized carbons (Fsp3) is 0.222. The van der Waals surface area contributed by atoms with E-state index in [2.05, 4.69) is 10.1 Å². The van der Waals surface area contributed by atoms with Gasteiger partial charge in [-0.25, -0.2) is 9.78 Å². The molecule has 1 amide bonds. The second-order valence-electron chi connectivity index (χ2n) is 8.03. The molecule has 2 aromatic carbocycles. The number of pyridine rings is 1. The third-order valence-corrected chi connectivity index (χ3v) is 5.55. The average molecular weight is 487 g/mol. The molecule has 0 saturated carbocycles. The number of hydrogen-bond acceptors (Lipinski definition) is 7. The number of benzene rings is 2. The van der Waals surface area contributed by atoms with Crippen molar-refractivity contribution in [3.05, 3.63) is 78.0 Å². The van der Waals surface area contributed by atoms with E-state index in [4.69, 9.17) is 9.47 Å². The standard InChI is InChI=1S/C27H26N4O5/c1-4-35-24(33)16-31(20-13-9-6-10-14-20)23(32)17-36-27(34)21-15-22(19-11-7-5-8-12-19)28-26-25(21)18(2)29-30(26)3/h5-15H,4,16-17H2,1-3H3. The molecule has 0 bridgehead atoms. The molecule has 0 spiro atoms. The van der Waals surface area contributed by atoms with Gasteiger partial charge < -0.3 is 9.47 Å². The first kappa shape index (κ1) is 24.6. The van der Waals surface area contributed by atoms with E-state index in [0.29, 0.717) is 28.1 Å². The summed E-state index contributed by atoms with van der Waals surface area (Å²) in [6.07, 6.45) is 0. The first-order valence-electron chi connectivity index (χ1n) is 11.5. The maximum absolute atomic E-state index is 13.2. The van der Waals surface area contributed by atoms with Gasteiger partial charge >= 0.3 is 11.9 Å². The van der Waals surface area contributed by atoms with Crippen molar-refractivity contribution >= 4 is 34.6 Å². The minimum Gasteiger partial charge on any atom is -0.465 e. The SMILES string of the molecule is CCOC(=O)CN(C(=O)COC(=O)c1cc(-c2ccccc2)nc2c1c(C)nn2C)c1ccccc1. The van der Waals surface area contributed by atoms with Gasteiger partial charge in [0.25, 0.3) is 5.91 Å². The molecule has 9 heteroatoms. The van der Waals surface area contributed by atoms with E-state index in [1.165, 1.54) is 4.90 Å². The number of aryl methyl sites for hydroxylation is 2. The Morgan fingerprint density at radius 1 is 0.972 bits per heavy atom. The Bertz CT molecular complexity index is 1400. The molecule has 0 aliphatic carbocycles. The number of carbonyl (C=O) groups excluding carboxylic acids is 3. The number of para-hydroxylation sites is 1. The van der Waals surface area contributed by atoms with Crippen LogP contribution in [0.1, 0.15) is 23.0 Å². The van der Waals surface area contributed by atoms with Crippen LogP contribution in [0.15, 0.2) is 66.7 Å². The smallest absolute Gasteiger partial charge is 0.339 e. The predicted molar refractivity (Wildman–Crippen MR) is 134 cm³/mol. The highest BCUT2D eigenvalue weighted by Crippen LogP contribution is 2.27. The van der Waals surface area contributed by atoms with E-state index in [1.807, 2.05) is 30.3 Å². The molecule has 0 fully saturated rings. The van der Waals surface area contributed by atoms with E-state index < -0.39 is 24.5 Å². The molecular formula is C27H26N4O5. The number of anilines is 1. The summed E-state index contributed by atoms with van der Waals surface area (Å²) >= 11 is 0. The highest BCUT2D eigenvalue weighted by atomic mass is 16.5. The number of rotatable bonds is 8. The predicted octanol–water partition coefficient (Wildman–Crippen LogP) is 3.70. The normalized spacial score (nSPS) is 10.8. The largest absolute Gasteiger partial charge is 0.465 e. The summed E-state index contributed by atoms with van der Waals surface area (Å²) in [5.74, 6) is -1.80. The van der Waals surface area contributed by atoms with Crippen molar-refractivity contribution in [2.75, 3.05) is 24.7 Å². The first-order valence-corrected chi connectivity index (χ1v) is 11.5. The number of amides is 1. The van der Waals surface area contributed by atoms with E-state index in [9.17, 15) is 14.4 Å². The third-order valence-electron chi connectivity index (χ3n) is 5.55. The quantitative estimate of drug-likeness (QED) is 0.350. The van der Waals surface area contributed by atoms with Crippen molar-refractivity contribution in [3.63, 3.8) is 0 Å². The lowest BCUT2D eigenvalue weighted by Gasteiger charge is -2.21. The fourth-order valence-corrected chi connectivity index (χ4v) is 3.91. The van der Waals surface area contributed by atoms with Crippen LogP contribution in [-0.2, 0) is 26.1 Å². The molecule has 0 unspecified atom stereocenters. The van der Waals surface area contributed by atoms with Crippen LogP contribution in [0.5, 0.6) is 0 Å². The van der Waals surface area contributed by atoms with Gasteiger partial charge in [-0.3, -0.25) is 19.2 Å². The lowest BCUT2D eigenvalue weighted by molar-refractivity contribution is -0.142. The summed E-state index contributed by atoms with van der Waals surface area (Å²) in [6, 6.07) is 19.8. The third kappa shape index (κ3) is 5.25. The number of fused-ring (bicyclic) bond motifs is 1. The van der Waals surface area contributed by atoms with Crippen molar-refractivity contribution in [1.29, 1.82) is 0 Å². The molecule has 0 aliphatic heterocycles. The summed E-state index contributed by atoms with van der Waals surface area (Å²) in [4.78, 5) is 44.3. The van der Waals surface area contributed by atoms with Crippen LogP contribution < -0.4 is 4.90 Å². The molecule has 184 valence electrons. The molecule has 4 aromatic rings. The lowest BCUT2D eigenvalue weighted by Crippen LogP contribution is -2.39. The molecule has 0 aliphatic rings. The number of carbonyl (C=O) groups is 3. The fourth-order valence-electron chi connectivity index (χ4n) is 3.91. The number of hydrogen-bond donors (Lipinski definition) is 0. The van der Waals surface area contributed by atoms with E-state index in [1.54, 1.807) is 62.0 Å². The van der Waals surface area contributed by atoms with Crippen molar-refractivity contribution in [2.45, 2.75) is 13.8 Å². The molecule has 9 nitrogen and oxygen atoms in total. The first-order chi connectivity index (χ1) is 17.4. The molecule has 2 heterocycles. The van der Waals surface area contributed by atoms with E-state index >= 15 is 0 Å². The molecule has 0 atom stereocenters. The van der Waals surface area contributed by atoms with Crippen LogP contribution in [-0.4, -0.2) is 52.4 Å². The second kappa shape index (κ2) is 10.8. The van der Waals surface area contributed by atoms with Crippen LogP contribution in [0.25, 0.3) is 22.3 Å². The van der Waals surface area contributed by atoms with Crippen molar-refractivity contribution in [2.24, 2.45) is 7.05 Å². The topological polar surface area (TPSA) is 104 Å². The molecule has 0 N–H and O–H groups in total. The average Bonchev–Trinajstić information content (AvgIpc) is 3.19. The molecule has 0 radical (unpaired) electrons. The molecule has 4 rings (SSSR count). The van der Waals surface area contributed by atoms with Gasteiger partial charge in [0, 0.05) is 18.3 Å². The zero-order valence-corrected chi connectivity index (χ0v) is 20.3. The van der Waals surface area contributed by atoms with Gasteiger partial charge in [-0.15, -0.1) is 0 Å². The zero-order valence-electron chi connectivity index (χ0n) is 20.3. The van der Waals surface area contributed by atoms with Crippen molar-refractivity contribution in [1.82, 2.24) is 14.8 Å². The van der Waals surface area contributed by atoms with E-state index in [-0.39, 0.29) is 18.7 Å². The number of ether oxygens (including phenoxy) is 2. The highest BCUT2D eigenvalue weighted by molar-refractivity contribution is 6.06. The Kier molecular flexibility index (Phi) is 7.39. The van der Waals surface area contributed by atoms with Crippen LogP contribution in [0.3, 0.4) is 0 Å². The van der Waals surface area contributed by atoms with Crippen molar-refractivity contribution < 1.29 is 23.9 Å². The highest BCUT2D eigenvalue weighted by Gasteiger charge is 2.24. The minimum atomic E-state index is -0.687. The monoisotopic (exact) mass is 486 g/mol. The number of nitrogens with zero attached hydrogens (tertiary/aromatic N) is 4. The van der Waals surface area contributed by atoms with Gasteiger partial charge in [0.1, 0.15) is 6.54 Å². The Balaban J connectivity index is 1.61. The van der Waals surface area contributed by atoms with Crippen LogP contribution >= 0.6 is 0 Å². The maximum Gasteiger partial charge on any atom is 0.339 e. The molecule has 2 aromatic heterocycles. The molecule has 36 heavy (non-hydrogen) atoms.